The van der Waals surface area contributed by atoms with Gasteiger partial charge >= 0.3 is 6.09 Å². The summed E-state index contributed by atoms with van der Waals surface area (Å²) in [5, 5.41) is 27.3. The van der Waals surface area contributed by atoms with Gasteiger partial charge in [-0.3, -0.25) is 4.79 Å². The SMILES string of the molecule is COC(=O)NCC(O)[C@@]1(O)C2CC[C@H]1C[C@H](Sc1cc(C(=O)Nc3cc(F)c(F)c(F)c3)ccc1Cl)C2. The van der Waals surface area contributed by atoms with Crippen molar-refractivity contribution in [2.24, 2.45) is 11.8 Å². The van der Waals surface area contributed by atoms with Crippen molar-refractivity contribution in [1.82, 2.24) is 5.32 Å². The number of alkyl carbamates (subject to hydrolysis) is 1. The maximum Gasteiger partial charge on any atom is 0.406 e. The Morgan fingerprint density at radius 3 is 2.38 bits per heavy atom. The van der Waals surface area contributed by atoms with Crippen molar-refractivity contribution in [2.45, 2.75) is 47.5 Å². The van der Waals surface area contributed by atoms with Crippen LogP contribution in [0.1, 0.15) is 36.0 Å². The molecule has 4 rings (SSSR count). The summed E-state index contributed by atoms with van der Waals surface area (Å²) in [5.41, 5.74) is -1.37. The third-order valence-corrected chi connectivity index (χ3v) is 8.91. The largest absolute Gasteiger partial charge is 0.453 e. The summed E-state index contributed by atoms with van der Waals surface area (Å²) < 4.78 is 44.7. The number of aliphatic hydroxyl groups excluding tert-OH is 1. The van der Waals surface area contributed by atoms with E-state index < -0.39 is 41.2 Å². The molecule has 200 valence electrons. The van der Waals surface area contributed by atoms with Crippen LogP contribution in [-0.2, 0) is 4.74 Å². The highest BCUT2D eigenvalue weighted by Gasteiger charge is 2.57. The zero-order valence-corrected chi connectivity index (χ0v) is 21.3. The van der Waals surface area contributed by atoms with E-state index in [0.29, 0.717) is 34.9 Å². The van der Waals surface area contributed by atoms with Crippen molar-refractivity contribution < 1.29 is 37.7 Å². The smallest absolute Gasteiger partial charge is 0.406 e. The molecule has 0 radical (unpaired) electrons. The molecule has 5 atom stereocenters. The van der Waals surface area contributed by atoms with Crippen molar-refractivity contribution in [3.63, 3.8) is 0 Å². The van der Waals surface area contributed by atoms with E-state index in [1.807, 2.05) is 0 Å². The fraction of sp³-hybridized carbons (Fsp3) is 0.440. The van der Waals surface area contributed by atoms with Crippen LogP contribution in [0, 0.1) is 29.3 Å². The van der Waals surface area contributed by atoms with Crippen LogP contribution in [0.2, 0.25) is 5.02 Å². The van der Waals surface area contributed by atoms with Crippen LogP contribution in [0.3, 0.4) is 0 Å². The maximum absolute atomic E-state index is 13.5. The first-order valence-corrected chi connectivity index (χ1v) is 12.9. The number of fused-ring (bicyclic) bond motifs is 2. The van der Waals surface area contributed by atoms with Gasteiger partial charge in [0.15, 0.2) is 17.5 Å². The molecule has 7 nitrogen and oxygen atoms in total. The van der Waals surface area contributed by atoms with E-state index in [1.54, 1.807) is 12.1 Å². The fourth-order valence-corrected chi connectivity index (χ4v) is 6.99. The van der Waals surface area contributed by atoms with E-state index in [0.717, 1.165) is 12.8 Å². The summed E-state index contributed by atoms with van der Waals surface area (Å²) in [6.07, 6.45) is 0.809. The number of nitrogens with one attached hydrogen (secondary N) is 2. The molecule has 2 aromatic carbocycles. The van der Waals surface area contributed by atoms with Crippen LogP contribution in [-0.4, -0.2) is 52.8 Å². The Bertz CT molecular complexity index is 1170. The Balaban J connectivity index is 1.43. The number of carbonyl (C=O) groups is 2. The highest BCUT2D eigenvalue weighted by Crippen LogP contribution is 2.54. The number of thioether (sulfide) groups is 1. The van der Waals surface area contributed by atoms with Gasteiger partial charge < -0.3 is 25.6 Å². The zero-order chi connectivity index (χ0) is 26.9. The molecular formula is C25H26ClF3N2O5S. The van der Waals surface area contributed by atoms with E-state index in [9.17, 15) is 33.0 Å². The first kappa shape index (κ1) is 27.6. The molecular weight excluding hydrogens is 533 g/mol. The summed E-state index contributed by atoms with van der Waals surface area (Å²) in [6, 6.07) is 5.95. The van der Waals surface area contributed by atoms with Crippen LogP contribution in [0.15, 0.2) is 35.2 Å². The minimum absolute atomic E-state index is 0.0506. The third-order valence-electron chi connectivity index (χ3n) is 7.15. The first-order valence-electron chi connectivity index (χ1n) is 11.7. The Hall–Kier alpha value is -2.47. The number of amides is 2. The molecule has 0 aliphatic heterocycles. The second kappa shape index (κ2) is 11.1. The average molecular weight is 559 g/mol. The molecule has 2 amide bonds. The van der Waals surface area contributed by atoms with E-state index >= 15 is 0 Å². The van der Waals surface area contributed by atoms with Gasteiger partial charge in [-0.05, 0) is 55.7 Å². The van der Waals surface area contributed by atoms with Gasteiger partial charge in [-0.25, -0.2) is 18.0 Å². The predicted molar refractivity (Wildman–Crippen MR) is 132 cm³/mol. The second-order valence-corrected chi connectivity index (χ2v) is 11.1. The number of benzene rings is 2. The summed E-state index contributed by atoms with van der Waals surface area (Å²) >= 11 is 7.84. The maximum atomic E-state index is 13.5. The topological polar surface area (TPSA) is 108 Å². The zero-order valence-electron chi connectivity index (χ0n) is 19.8. The number of halogens is 4. The molecule has 0 aromatic heterocycles. The standard InChI is InChI=1S/C25H26ClF3N2O5S/c1-36-24(34)30-11-21(32)25(35)13-3-4-14(25)8-16(7-13)37-20-6-12(2-5-17(20)26)23(33)31-15-9-18(27)22(29)19(28)10-15/h2,5-6,9-10,13-14,16,21,32,35H,3-4,7-8,11H2,1H3,(H,30,34)(H,31,33)/t13-,14?,16-,21?,25-/m0/s1. The summed E-state index contributed by atoms with van der Waals surface area (Å²) in [5.74, 6) is -5.48. The van der Waals surface area contributed by atoms with E-state index in [1.165, 1.54) is 24.9 Å². The van der Waals surface area contributed by atoms with Crippen LogP contribution in [0.25, 0.3) is 0 Å². The van der Waals surface area contributed by atoms with Crippen LogP contribution in [0.5, 0.6) is 0 Å². The lowest BCUT2D eigenvalue weighted by atomic mass is 9.71. The molecule has 2 aromatic rings. The van der Waals surface area contributed by atoms with Crippen molar-refractivity contribution in [3.8, 4) is 0 Å². The number of methoxy groups -OCH3 is 1. The summed E-state index contributed by atoms with van der Waals surface area (Å²) in [4.78, 5) is 24.7. The Morgan fingerprint density at radius 1 is 1.16 bits per heavy atom. The van der Waals surface area contributed by atoms with Crippen LogP contribution in [0.4, 0.5) is 23.7 Å². The number of rotatable bonds is 7. The molecule has 2 unspecified atom stereocenters. The van der Waals surface area contributed by atoms with Crippen molar-refractivity contribution >= 4 is 41.1 Å². The lowest BCUT2D eigenvalue weighted by Crippen LogP contribution is -2.57. The highest BCUT2D eigenvalue weighted by atomic mass is 35.5. The average Bonchev–Trinajstić information content (AvgIpc) is 3.03. The quantitative estimate of drug-likeness (QED) is 0.366. The van der Waals surface area contributed by atoms with Crippen LogP contribution >= 0.6 is 23.4 Å². The number of anilines is 1. The monoisotopic (exact) mass is 558 g/mol. The minimum Gasteiger partial charge on any atom is -0.453 e. The molecule has 2 saturated carbocycles. The molecule has 2 fully saturated rings. The minimum atomic E-state index is -1.62. The molecule has 2 bridgehead atoms. The highest BCUT2D eigenvalue weighted by molar-refractivity contribution is 8.00. The number of hydrogen-bond donors (Lipinski definition) is 4. The number of carbonyl (C=O) groups excluding carboxylic acids is 2. The van der Waals surface area contributed by atoms with Crippen LogP contribution < -0.4 is 10.6 Å². The van der Waals surface area contributed by atoms with Gasteiger partial charge in [-0.2, -0.15) is 0 Å². The number of aliphatic hydroxyl groups is 2. The van der Waals surface area contributed by atoms with E-state index in [4.69, 9.17) is 11.6 Å². The molecule has 0 saturated heterocycles. The second-order valence-electron chi connectivity index (χ2n) is 9.31. The predicted octanol–water partition coefficient (Wildman–Crippen LogP) is 4.74. The van der Waals surface area contributed by atoms with Gasteiger partial charge in [0, 0.05) is 40.1 Å². The van der Waals surface area contributed by atoms with E-state index in [-0.39, 0.29) is 34.9 Å². The Kier molecular flexibility index (Phi) is 8.27. The molecule has 2 aliphatic carbocycles. The number of ether oxygens (including phenoxy) is 1. The number of hydrogen-bond acceptors (Lipinski definition) is 6. The van der Waals surface area contributed by atoms with Gasteiger partial charge in [0.1, 0.15) is 6.10 Å². The van der Waals surface area contributed by atoms with Gasteiger partial charge in [-0.1, -0.05) is 11.6 Å². The normalized spacial score (nSPS) is 25.4. The van der Waals surface area contributed by atoms with Crippen molar-refractivity contribution in [1.29, 1.82) is 0 Å². The van der Waals surface area contributed by atoms with Crippen molar-refractivity contribution in [2.75, 3.05) is 19.0 Å². The first-order chi connectivity index (χ1) is 17.5. The third kappa shape index (κ3) is 5.69. The molecule has 2 aliphatic rings. The Morgan fingerprint density at radius 2 is 1.78 bits per heavy atom. The van der Waals surface area contributed by atoms with Gasteiger partial charge in [-0.15, -0.1) is 11.8 Å². The lowest BCUT2D eigenvalue weighted by molar-refractivity contribution is -0.139. The van der Waals surface area contributed by atoms with Gasteiger partial charge in [0.25, 0.3) is 5.91 Å². The molecule has 37 heavy (non-hydrogen) atoms. The summed E-state index contributed by atoms with van der Waals surface area (Å²) in [6.45, 7) is -0.126. The van der Waals surface area contributed by atoms with Gasteiger partial charge in [0.05, 0.1) is 17.7 Å². The van der Waals surface area contributed by atoms with Crippen molar-refractivity contribution in [3.05, 3.63) is 58.4 Å². The van der Waals surface area contributed by atoms with E-state index in [2.05, 4.69) is 15.4 Å². The molecule has 0 spiro atoms. The molecule has 4 N–H and O–H groups in total. The molecule has 12 heteroatoms. The molecule has 0 heterocycles. The fourth-order valence-electron chi connectivity index (χ4n) is 5.34. The van der Waals surface area contributed by atoms with Gasteiger partial charge in [0.2, 0.25) is 0 Å². The summed E-state index contributed by atoms with van der Waals surface area (Å²) in [7, 11) is 1.22. The lowest BCUT2D eigenvalue weighted by Gasteiger charge is -2.45. The Labute approximate surface area is 220 Å².